The van der Waals surface area contributed by atoms with E-state index in [1.54, 1.807) is 0 Å². The van der Waals surface area contributed by atoms with Crippen molar-refractivity contribution in [2.75, 3.05) is 13.1 Å². The van der Waals surface area contributed by atoms with Crippen LogP contribution >= 0.6 is 0 Å². The Morgan fingerprint density at radius 2 is 2.29 bits per heavy atom. The molecule has 1 fully saturated rings. The van der Waals surface area contributed by atoms with Crippen molar-refractivity contribution >= 4 is 12.4 Å². The molecule has 2 atom stereocenters. The van der Waals surface area contributed by atoms with Gasteiger partial charge < -0.3 is 10.1 Å². The van der Waals surface area contributed by atoms with Crippen molar-refractivity contribution in [3.05, 3.63) is 34.8 Å². The molecule has 1 N–H and O–H groups in total. The van der Waals surface area contributed by atoms with Crippen LogP contribution in [0.2, 0.25) is 0 Å². The summed E-state index contributed by atoms with van der Waals surface area (Å²) in [4.78, 5) is 16.2. The summed E-state index contributed by atoms with van der Waals surface area (Å²) in [6.45, 7) is 1.94. The van der Waals surface area contributed by atoms with Crippen LogP contribution in [0.5, 0.6) is 0 Å². The quantitative estimate of drug-likeness (QED) is 0.726. The van der Waals surface area contributed by atoms with Crippen LogP contribution in [0.4, 0.5) is 0 Å². The average Bonchev–Trinajstić information content (AvgIpc) is 2.79. The standard InChI is InChI=1S/C14H16N2O/c17-10-14(12-5-3-7-15-9-12)8-11-4-1-2-6-13(11)16-14/h1-2,4,6,8,10,12,15H,3,5,7,9H2. The maximum Gasteiger partial charge on any atom is 0.151 e. The number of aldehydes is 1. The monoisotopic (exact) mass is 228 g/mol. The van der Waals surface area contributed by atoms with E-state index < -0.39 is 5.54 Å². The van der Waals surface area contributed by atoms with Crippen molar-refractivity contribution in [2.24, 2.45) is 10.9 Å². The van der Waals surface area contributed by atoms with Crippen molar-refractivity contribution in [1.29, 1.82) is 0 Å². The second-order valence-electron chi connectivity index (χ2n) is 4.86. The van der Waals surface area contributed by atoms with Gasteiger partial charge in [0, 0.05) is 12.5 Å². The predicted molar refractivity (Wildman–Crippen MR) is 66.1 cm³/mol. The average molecular weight is 228 g/mol. The Balaban J connectivity index is 2.06. The minimum Gasteiger partial charge on any atom is -0.316 e. The molecule has 0 aromatic heterocycles. The Labute approximate surface area is 100 Å². The van der Waals surface area contributed by atoms with Gasteiger partial charge in [-0.2, -0.15) is 0 Å². The Bertz CT molecular complexity index is 509. The topological polar surface area (TPSA) is 41.5 Å². The first kappa shape index (κ1) is 10.7. The fourth-order valence-electron chi connectivity index (χ4n) is 2.81. The smallest absolute Gasteiger partial charge is 0.151 e. The number of nitrogens with one attached hydrogen (secondary N) is 1. The van der Waals surface area contributed by atoms with E-state index in [9.17, 15) is 4.79 Å². The minimum absolute atomic E-state index is 0.293. The number of carbonyl (C=O) groups excluding carboxylic acids is 1. The van der Waals surface area contributed by atoms with Gasteiger partial charge >= 0.3 is 0 Å². The van der Waals surface area contributed by atoms with Crippen molar-refractivity contribution in [2.45, 2.75) is 18.4 Å². The van der Waals surface area contributed by atoms with Crippen LogP contribution in [0.1, 0.15) is 12.8 Å². The van der Waals surface area contributed by atoms with Gasteiger partial charge in [0.25, 0.3) is 0 Å². The normalized spacial score (nSPS) is 31.2. The molecular weight excluding hydrogens is 212 g/mol. The summed E-state index contributed by atoms with van der Waals surface area (Å²) in [7, 11) is 0. The lowest BCUT2D eigenvalue weighted by Gasteiger charge is -2.32. The maximum absolute atomic E-state index is 11.5. The fourth-order valence-corrected chi connectivity index (χ4v) is 2.81. The molecule has 88 valence electrons. The fraction of sp³-hybridized carbons (Fsp3) is 0.429. The lowest BCUT2D eigenvalue weighted by Crippen LogP contribution is -2.44. The molecular formula is C14H16N2O. The molecule has 0 bridgehead atoms. The van der Waals surface area contributed by atoms with Gasteiger partial charge in [0.1, 0.15) is 5.54 Å². The molecule has 0 radical (unpaired) electrons. The highest BCUT2D eigenvalue weighted by Gasteiger charge is 2.38. The van der Waals surface area contributed by atoms with Gasteiger partial charge in [-0.25, -0.2) is 0 Å². The first-order chi connectivity index (χ1) is 8.34. The number of nitrogens with zero attached hydrogens (tertiary/aromatic N) is 1. The summed E-state index contributed by atoms with van der Waals surface area (Å²) in [5, 5.41) is 5.40. The highest BCUT2D eigenvalue weighted by molar-refractivity contribution is 5.78. The minimum atomic E-state index is -0.628. The van der Waals surface area contributed by atoms with Gasteiger partial charge in [-0.15, -0.1) is 0 Å². The number of benzene rings is 1. The summed E-state index contributed by atoms with van der Waals surface area (Å²) in [6.07, 6.45) is 5.25. The molecule has 0 saturated carbocycles. The van der Waals surface area contributed by atoms with Gasteiger partial charge in [-0.3, -0.25) is 4.99 Å². The van der Waals surface area contributed by atoms with Crippen LogP contribution < -0.4 is 15.9 Å². The Morgan fingerprint density at radius 3 is 3.00 bits per heavy atom. The van der Waals surface area contributed by atoms with E-state index in [0.29, 0.717) is 5.92 Å². The first-order valence-corrected chi connectivity index (χ1v) is 6.19. The van der Waals surface area contributed by atoms with Gasteiger partial charge in [-0.1, -0.05) is 18.2 Å². The van der Waals surface area contributed by atoms with E-state index >= 15 is 0 Å². The molecule has 1 aromatic carbocycles. The molecule has 2 aliphatic heterocycles. The summed E-state index contributed by atoms with van der Waals surface area (Å²) < 4.78 is 0. The number of para-hydroxylation sites is 1. The summed E-state index contributed by atoms with van der Waals surface area (Å²) >= 11 is 0. The molecule has 3 heteroatoms. The molecule has 0 spiro atoms. The third-order valence-electron chi connectivity index (χ3n) is 3.78. The molecule has 1 saturated heterocycles. The molecule has 2 aliphatic rings. The van der Waals surface area contributed by atoms with Crippen molar-refractivity contribution in [1.82, 2.24) is 5.32 Å². The predicted octanol–water partition coefficient (Wildman–Crippen LogP) is 0.0376. The van der Waals surface area contributed by atoms with Crippen LogP contribution in [0, 0.1) is 5.92 Å². The third kappa shape index (κ3) is 1.71. The summed E-state index contributed by atoms with van der Waals surface area (Å²) in [5.41, 5.74) is -0.628. The molecule has 3 nitrogen and oxygen atoms in total. The van der Waals surface area contributed by atoms with Crippen molar-refractivity contribution in [3.8, 4) is 0 Å². The van der Waals surface area contributed by atoms with Crippen molar-refractivity contribution < 1.29 is 4.79 Å². The molecule has 0 aliphatic carbocycles. The van der Waals surface area contributed by atoms with Crippen LogP contribution in [0.15, 0.2) is 29.3 Å². The summed E-state index contributed by atoms with van der Waals surface area (Å²) in [6, 6.07) is 7.97. The Kier molecular flexibility index (Phi) is 2.56. The first-order valence-electron chi connectivity index (χ1n) is 6.19. The van der Waals surface area contributed by atoms with Crippen molar-refractivity contribution in [3.63, 3.8) is 0 Å². The lowest BCUT2D eigenvalue weighted by atomic mass is 9.81. The van der Waals surface area contributed by atoms with Crippen LogP contribution in [-0.2, 0) is 4.79 Å². The molecule has 2 unspecified atom stereocenters. The van der Waals surface area contributed by atoms with E-state index in [1.165, 1.54) is 0 Å². The molecule has 17 heavy (non-hydrogen) atoms. The summed E-state index contributed by atoms with van der Waals surface area (Å²) in [5.74, 6) is 0.293. The second-order valence-corrected chi connectivity index (χ2v) is 4.86. The van der Waals surface area contributed by atoms with Gasteiger partial charge in [0.15, 0.2) is 6.29 Å². The number of hydrogen-bond acceptors (Lipinski definition) is 3. The zero-order valence-electron chi connectivity index (χ0n) is 9.73. The molecule has 3 rings (SSSR count). The zero-order chi connectivity index (χ0) is 11.7. The van der Waals surface area contributed by atoms with E-state index in [0.717, 1.165) is 42.8 Å². The highest BCUT2D eigenvalue weighted by atomic mass is 16.1. The van der Waals surface area contributed by atoms with Crippen LogP contribution in [-0.4, -0.2) is 24.9 Å². The van der Waals surface area contributed by atoms with Gasteiger partial charge in [0.05, 0.1) is 5.36 Å². The number of carbonyl (C=O) groups is 1. The Morgan fingerprint density at radius 1 is 1.41 bits per heavy atom. The maximum atomic E-state index is 11.5. The number of rotatable bonds is 2. The molecule has 0 amide bonds. The van der Waals surface area contributed by atoms with E-state index in [1.807, 2.05) is 30.3 Å². The van der Waals surface area contributed by atoms with E-state index in [2.05, 4.69) is 10.3 Å². The van der Waals surface area contributed by atoms with Crippen LogP contribution in [0.3, 0.4) is 0 Å². The number of hydrogen-bond donors (Lipinski definition) is 1. The number of fused-ring (bicyclic) bond motifs is 1. The third-order valence-corrected chi connectivity index (χ3v) is 3.78. The van der Waals surface area contributed by atoms with Gasteiger partial charge in [0.2, 0.25) is 0 Å². The SMILES string of the molecule is O=CC1(C2CCCNC2)C=c2ccccc2=N1. The largest absolute Gasteiger partial charge is 0.316 e. The van der Waals surface area contributed by atoms with E-state index in [-0.39, 0.29) is 0 Å². The van der Waals surface area contributed by atoms with Gasteiger partial charge in [-0.05, 0) is 36.7 Å². The molecule has 2 heterocycles. The molecule has 1 aromatic rings. The van der Waals surface area contributed by atoms with Crippen LogP contribution in [0.25, 0.3) is 6.08 Å². The Hall–Kier alpha value is -1.48. The van der Waals surface area contributed by atoms with E-state index in [4.69, 9.17) is 0 Å². The number of piperidine rings is 1. The zero-order valence-corrected chi connectivity index (χ0v) is 9.73. The lowest BCUT2D eigenvalue weighted by molar-refractivity contribution is -0.111. The highest BCUT2D eigenvalue weighted by Crippen LogP contribution is 2.28. The second kappa shape index (κ2) is 4.08.